The fourth-order valence-electron chi connectivity index (χ4n) is 5.67. The van der Waals surface area contributed by atoms with E-state index < -0.39 is 35.2 Å². The number of halogens is 3. The Bertz CT molecular complexity index is 1870. The Morgan fingerprint density at radius 1 is 1.15 bits per heavy atom. The number of aliphatic imine (C=N–C) groups is 1. The summed E-state index contributed by atoms with van der Waals surface area (Å²) in [6.45, 7) is 5.36. The lowest BCUT2D eigenvalue weighted by Gasteiger charge is -2.23. The molecular weight excluding hydrogens is 621 g/mol. The number of nitrogens with two attached hydrogens (primary N) is 1. The van der Waals surface area contributed by atoms with Crippen molar-refractivity contribution in [1.29, 1.82) is 5.41 Å². The van der Waals surface area contributed by atoms with Crippen molar-refractivity contribution in [1.82, 2.24) is 25.1 Å². The second kappa shape index (κ2) is 15.3. The standard InChI is InChI=1S/C35H35F3N8O2/c1-3-11-43-33(21(2)23-9-10-28(38)27(17-23)34(39)40)29(16-22-14-24(36)18-25(37)15-22)44-32(47)19-46-30-8-5-4-7-26(30)35(45-46)48-20-31-41-12-6-13-42-31/h3,6,9-15,17-18,29H,1,4-5,7-8,16,19-20H2,2H3,(H3,39,40)(H,44,47). The van der Waals surface area contributed by atoms with Gasteiger partial charge < -0.3 is 15.8 Å². The van der Waals surface area contributed by atoms with Crippen molar-refractivity contribution in [2.45, 2.75) is 58.2 Å². The first-order valence-electron chi connectivity index (χ1n) is 15.3. The minimum absolute atomic E-state index is 0.0367. The van der Waals surface area contributed by atoms with Crippen LogP contribution in [-0.2, 0) is 37.2 Å². The van der Waals surface area contributed by atoms with Crippen LogP contribution in [0.1, 0.15) is 53.5 Å². The maximum absolute atomic E-state index is 14.4. The Hall–Kier alpha value is -5.59. The lowest BCUT2D eigenvalue weighted by atomic mass is 9.95. The second-order valence-corrected chi connectivity index (χ2v) is 11.3. The van der Waals surface area contributed by atoms with E-state index in [4.69, 9.17) is 15.9 Å². The molecule has 4 aromatic rings. The van der Waals surface area contributed by atoms with E-state index in [0.29, 0.717) is 35.0 Å². The zero-order valence-corrected chi connectivity index (χ0v) is 26.3. The molecule has 0 fully saturated rings. The summed E-state index contributed by atoms with van der Waals surface area (Å²) in [4.78, 5) is 26.7. The largest absolute Gasteiger partial charge is 0.468 e. The number of amides is 1. The lowest BCUT2D eigenvalue weighted by Crippen LogP contribution is -2.40. The number of nitrogens with one attached hydrogen (secondary N) is 2. The third-order valence-electron chi connectivity index (χ3n) is 7.89. The smallest absolute Gasteiger partial charge is 0.242 e. The number of rotatable bonds is 13. The molecule has 2 aromatic carbocycles. The van der Waals surface area contributed by atoms with E-state index in [2.05, 4.69) is 32.0 Å². The minimum Gasteiger partial charge on any atom is -0.468 e. The molecule has 0 saturated carbocycles. The molecular formula is C35H35F3N8O2. The summed E-state index contributed by atoms with van der Waals surface area (Å²) in [6, 6.07) is 8.03. The molecule has 248 valence electrons. The van der Waals surface area contributed by atoms with Crippen LogP contribution in [0.2, 0.25) is 0 Å². The number of fused-ring (bicyclic) bond motifs is 1. The molecule has 48 heavy (non-hydrogen) atoms. The highest BCUT2D eigenvalue weighted by Gasteiger charge is 2.26. The van der Waals surface area contributed by atoms with Crippen molar-refractivity contribution in [3.63, 3.8) is 0 Å². The van der Waals surface area contributed by atoms with Gasteiger partial charge in [-0.1, -0.05) is 18.7 Å². The van der Waals surface area contributed by atoms with E-state index in [0.717, 1.165) is 36.6 Å². The van der Waals surface area contributed by atoms with E-state index >= 15 is 0 Å². The average Bonchev–Trinajstić information content (AvgIpc) is 3.40. The fourth-order valence-corrected chi connectivity index (χ4v) is 5.67. The van der Waals surface area contributed by atoms with Gasteiger partial charge >= 0.3 is 0 Å². The van der Waals surface area contributed by atoms with Gasteiger partial charge in [-0.3, -0.25) is 19.9 Å². The number of amidine groups is 1. The molecule has 0 spiro atoms. The van der Waals surface area contributed by atoms with Crippen molar-refractivity contribution in [2.24, 2.45) is 10.7 Å². The summed E-state index contributed by atoms with van der Waals surface area (Å²) in [6.07, 6.45) is 9.42. The number of benzene rings is 2. The monoisotopic (exact) mass is 656 g/mol. The second-order valence-electron chi connectivity index (χ2n) is 11.3. The number of hydrogen-bond acceptors (Lipinski definition) is 7. The van der Waals surface area contributed by atoms with Crippen molar-refractivity contribution < 1.29 is 22.7 Å². The number of nitrogen functional groups attached to an aromatic ring is 1. The van der Waals surface area contributed by atoms with Gasteiger partial charge in [-0.05, 0) is 86.1 Å². The molecule has 1 unspecified atom stereocenters. The number of nitrogens with zero attached hydrogens (tertiary/aromatic N) is 5. The van der Waals surface area contributed by atoms with Gasteiger partial charge in [-0.2, -0.15) is 0 Å². The fraction of sp³-hybridized carbons (Fsp3) is 0.257. The topological polar surface area (TPSA) is 144 Å². The van der Waals surface area contributed by atoms with E-state index in [9.17, 15) is 18.0 Å². The molecule has 13 heteroatoms. The molecule has 1 amide bonds. The first-order chi connectivity index (χ1) is 23.1. The first-order valence-corrected chi connectivity index (χ1v) is 15.3. The van der Waals surface area contributed by atoms with Crippen molar-refractivity contribution in [3.8, 4) is 5.88 Å². The summed E-state index contributed by atoms with van der Waals surface area (Å²) in [7, 11) is 0. The van der Waals surface area contributed by atoms with Crippen LogP contribution in [0.3, 0.4) is 0 Å². The number of carbonyl (C=O) groups excluding carboxylic acids is 1. The summed E-state index contributed by atoms with van der Waals surface area (Å²) in [5.74, 6) is -2.19. The van der Waals surface area contributed by atoms with Crippen LogP contribution in [0.25, 0.3) is 5.57 Å². The highest BCUT2D eigenvalue weighted by molar-refractivity contribution is 5.96. The maximum atomic E-state index is 14.4. The van der Waals surface area contributed by atoms with Gasteiger partial charge in [0.25, 0.3) is 0 Å². The van der Waals surface area contributed by atoms with Crippen molar-refractivity contribution >= 4 is 23.5 Å². The predicted octanol–water partition coefficient (Wildman–Crippen LogP) is 5.25. The molecule has 4 N–H and O–H groups in total. The van der Waals surface area contributed by atoms with Gasteiger partial charge in [0.15, 0.2) is 5.82 Å². The van der Waals surface area contributed by atoms with Crippen LogP contribution >= 0.6 is 0 Å². The highest BCUT2D eigenvalue weighted by atomic mass is 19.1. The van der Waals surface area contributed by atoms with Crippen LogP contribution in [0.4, 0.5) is 13.2 Å². The zero-order valence-electron chi connectivity index (χ0n) is 26.3. The molecule has 1 atom stereocenters. The predicted molar refractivity (Wildman–Crippen MR) is 176 cm³/mol. The molecule has 2 heterocycles. The van der Waals surface area contributed by atoms with Crippen molar-refractivity contribution in [2.75, 3.05) is 0 Å². The number of carbonyl (C=O) groups is 1. The molecule has 0 bridgehead atoms. The van der Waals surface area contributed by atoms with Gasteiger partial charge in [0.2, 0.25) is 11.8 Å². The number of allylic oxidation sites excluding steroid dienone is 2. The molecule has 0 radical (unpaired) electrons. The maximum Gasteiger partial charge on any atom is 0.242 e. The molecule has 10 nitrogen and oxygen atoms in total. The van der Waals surface area contributed by atoms with Gasteiger partial charge in [-0.25, -0.2) is 23.1 Å². The Morgan fingerprint density at radius 2 is 1.88 bits per heavy atom. The molecule has 5 rings (SSSR count). The summed E-state index contributed by atoms with van der Waals surface area (Å²) >= 11 is 0. The SMILES string of the molecule is C=CC=NC(=C(C)c1ccc(F)c(C(=N)N)c1)C(Cc1cc(F)cc(F)c1)NC(=O)Cn1nc(OCc2ncccn2)c2c1CCCC2. The van der Waals surface area contributed by atoms with Crippen LogP contribution in [0.5, 0.6) is 5.88 Å². The van der Waals surface area contributed by atoms with Crippen LogP contribution in [0, 0.1) is 22.9 Å². The molecule has 1 aliphatic rings. The third kappa shape index (κ3) is 8.21. The van der Waals surface area contributed by atoms with Gasteiger partial charge in [-0.15, -0.1) is 5.10 Å². The highest BCUT2D eigenvalue weighted by Crippen LogP contribution is 2.30. The normalized spacial score (nSPS) is 13.8. The summed E-state index contributed by atoms with van der Waals surface area (Å²) < 4.78 is 50.6. The Labute approximate surface area is 275 Å². The molecule has 1 aliphatic carbocycles. The van der Waals surface area contributed by atoms with Gasteiger partial charge in [0.1, 0.15) is 36.4 Å². The number of aromatic nitrogens is 4. The van der Waals surface area contributed by atoms with E-state index in [-0.39, 0.29) is 30.7 Å². The van der Waals surface area contributed by atoms with Gasteiger partial charge in [0, 0.05) is 35.9 Å². The summed E-state index contributed by atoms with van der Waals surface area (Å²) in [5.41, 5.74) is 8.90. The first kappa shape index (κ1) is 33.8. The van der Waals surface area contributed by atoms with Gasteiger partial charge in [0.05, 0.1) is 17.3 Å². The summed E-state index contributed by atoms with van der Waals surface area (Å²) in [5, 5.41) is 15.4. The number of ether oxygens (including phenoxy) is 1. The van der Waals surface area contributed by atoms with E-state index in [1.807, 2.05) is 0 Å². The average molecular weight is 657 g/mol. The molecule has 0 aliphatic heterocycles. The lowest BCUT2D eigenvalue weighted by molar-refractivity contribution is -0.122. The van der Waals surface area contributed by atoms with Crippen LogP contribution in [0.15, 0.2) is 78.2 Å². The van der Waals surface area contributed by atoms with Crippen LogP contribution in [-0.4, -0.2) is 43.7 Å². The van der Waals surface area contributed by atoms with E-state index in [1.54, 1.807) is 30.1 Å². The quantitative estimate of drug-likeness (QED) is 0.133. The molecule has 2 aromatic heterocycles. The zero-order chi connectivity index (χ0) is 34.2. The Balaban J connectivity index is 1.49. The minimum atomic E-state index is -0.905. The third-order valence-corrected chi connectivity index (χ3v) is 7.89. The number of hydrogen-bond donors (Lipinski definition) is 3. The Kier molecular flexibility index (Phi) is 10.8. The molecule has 0 saturated heterocycles. The van der Waals surface area contributed by atoms with Crippen molar-refractivity contribution in [3.05, 3.63) is 124 Å². The van der Waals surface area contributed by atoms with Crippen LogP contribution < -0.4 is 15.8 Å². The Morgan fingerprint density at radius 3 is 2.58 bits per heavy atom. The van der Waals surface area contributed by atoms with E-state index in [1.165, 1.54) is 42.6 Å².